The quantitative estimate of drug-likeness (QED) is 0.147. The molecule has 314 valence electrons. The normalized spacial score (nSPS) is 13.6. The van der Waals surface area contributed by atoms with Gasteiger partial charge in [0.05, 0.1) is 10.8 Å². The van der Waals surface area contributed by atoms with Crippen LogP contribution in [0.5, 0.6) is 0 Å². The lowest BCUT2D eigenvalue weighted by Crippen LogP contribution is -2.28. The van der Waals surface area contributed by atoms with E-state index < -0.39 is 10.8 Å². The van der Waals surface area contributed by atoms with Crippen molar-refractivity contribution in [2.45, 2.75) is 10.8 Å². The maximum atomic E-state index is 2.48. The topological polar surface area (TPSA) is 3.24 Å². The minimum atomic E-state index is -0.528. The van der Waals surface area contributed by atoms with Crippen LogP contribution >= 0.6 is 0 Å². The average molecular weight is 852 g/mol. The molecule has 1 nitrogen and oxygen atoms in total. The second-order valence-corrected chi connectivity index (χ2v) is 17.9. The number of fused-ring (bicyclic) bond motifs is 8. The monoisotopic (exact) mass is 851 g/mol. The number of rotatable bonds is 8. The molecule has 11 aromatic rings. The second kappa shape index (κ2) is 15.6. The molecular weight excluding hydrogens is 807 g/mol. The van der Waals surface area contributed by atoms with E-state index in [4.69, 9.17) is 0 Å². The molecule has 0 unspecified atom stereocenters. The molecule has 0 bridgehead atoms. The Morgan fingerprint density at radius 1 is 0.254 bits per heavy atom. The first-order chi connectivity index (χ1) is 33.2. The zero-order chi connectivity index (χ0) is 44.4. The molecule has 13 rings (SSSR count). The minimum absolute atomic E-state index is 0.487. The number of anilines is 3. The highest BCUT2D eigenvalue weighted by molar-refractivity contribution is 6.06. The van der Waals surface area contributed by atoms with Gasteiger partial charge in [0.1, 0.15) is 0 Å². The summed E-state index contributed by atoms with van der Waals surface area (Å²) in [6.07, 6.45) is 0. The average Bonchev–Trinajstić information content (AvgIpc) is 3.89. The van der Waals surface area contributed by atoms with E-state index in [1.54, 1.807) is 0 Å². The Morgan fingerprint density at radius 2 is 0.657 bits per heavy atom. The van der Waals surface area contributed by atoms with Crippen molar-refractivity contribution in [2.75, 3.05) is 4.90 Å². The van der Waals surface area contributed by atoms with Crippen molar-refractivity contribution in [3.8, 4) is 33.4 Å². The minimum Gasteiger partial charge on any atom is -0.310 e. The molecule has 0 spiro atoms. The molecule has 0 amide bonds. The van der Waals surface area contributed by atoms with Crippen LogP contribution in [0.3, 0.4) is 0 Å². The highest BCUT2D eigenvalue weighted by Gasteiger charge is 2.48. The lowest BCUT2D eigenvalue weighted by molar-refractivity contribution is 0.768. The Labute approximate surface area is 392 Å². The molecule has 11 aromatic carbocycles. The summed E-state index contributed by atoms with van der Waals surface area (Å²) in [4.78, 5) is 2.47. The van der Waals surface area contributed by atoms with Gasteiger partial charge >= 0.3 is 0 Å². The lowest BCUT2D eigenvalue weighted by Gasteiger charge is -2.35. The van der Waals surface area contributed by atoms with Crippen LogP contribution in [0.25, 0.3) is 44.2 Å². The first kappa shape index (κ1) is 38.9. The van der Waals surface area contributed by atoms with Gasteiger partial charge in [0.15, 0.2) is 0 Å². The van der Waals surface area contributed by atoms with Crippen LogP contribution in [0, 0.1) is 0 Å². The van der Waals surface area contributed by atoms with Crippen molar-refractivity contribution >= 4 is 27.8 Å². The molecule has 0 aromatic heterocycles. The zero-order valence-corrected chi connectivity index (χ0v) is 36.9. The summed E-state index contributed by atoms with van der Waals surface area (Å²) in [6, 6.07) is 101. The molecule has 2 aliphatic carbocycles. The SMILES string of the molecule is c1ccc(-c2ccc(N(c3ccc4c(c3)C(c3ccccc3)(c3ccccc3)c3ccccc3-4)c3ccc4ccc5c(c4c3)-c3ccccc3C5(c3ccccc3)c3ccccc3)cc2)cc1. The maximum Gasteiger partial charge on any atom is 0.0714 e. The standard InChI is InChI=1S/C66H45N/c1-6-20-46(21-7-1)47-34-38-53(39-35-47)67(55-41-42-57-56-30-16-18-32-60(56)66(63(57)45-55,51-26-12-4-13-27-51)52-28-14-5-15-29-52)54-40-36-48-37-43-62-64(59(48)44-54)58-31-17-19-33-61(58)65(62,49-22-8-2-9-23-49)50-24-10-3-11-25-50/h1-45H. The Balaban J connectivity index is 1.07. The zero-order valence-electron chi connectivity index (χ0n) is 36.9. The number of nitrogens with zero attached hydrogens (tertiary/aromatic N) is 1. The largest absolute Gasteiger partial charge is 0.310 e. The maximum absolute atomic E-state index is 2.48. The van der Waals surface area contributed by atoms with Crippen molar-refractivity contribution in [1.82, 2.24) is 0 Å². The van der Waals surface area contributed by atoms with Gasteiger partial charge in [-0.05, 0) is 125 Å². The van der Waals surface area contributed by atoms with Crippen LogP contribution in [0.1, 0.15) is 44.5 Å². The summed E-state index contributed by atoms with van der Waals surface area (Å²) >= 11 is 0. The van der Waals surface area contributed by atoms with Gasteiger partial charge in [-0.15, -0.1) is 0 Å². The van der Waals surface area contributed by atoms with Crippen molar-refractivity contribution in [3.05, 3.63) is 317 Å². The molecule has 0 fully saturated rings. The smallest absolute Gasteiger partial charge is 0.0714 e. The van der Waals surface area contributed by atoms with E-state index in [0.717, 1.165) is 17.1 Å². The van der Waals surface area contributed by atoms with E-state index in [2.05, 4.69) is 278 Å². The molecule has 67 heavy (non-hydrogen) atoms. The van der Waals surface area contributed by atoms with E-state index in [-0.39, 0.29) is 0 Å². The third-order valence-corrected chi connectivity index (χ3v) is 14.6. The van der Waals surface area contributed by atoms with Crippen LogP contribution in [0.4, 0.5) is 17.1 Å². The molecule has 0 N–H and O–H groups in total. The third-order valence-electron chi connectivity index (χ3n) is 14.6. The molecule has 1 heteroatoms. The summed E-state index contributed by atoms with van der Waals surface area (Å²) in [5, 5.41) is 2.45. The van der Waals surface area contributed by atoms with Gasteiger partial charge < -0.3 is 4.90 Å². The van der Waals surface area contributed by atoms with Crippen molar-refractivity contribution in [1.29, 1.82) is 0 Å². The Morgan fingerprint density at radius 3 is 1.24 bits per heavy atom. The highest BCUT2D eigenvalue weighted by atomic mass is 15.1. The van der Waals surface area contributed by atoms with Crippen LogP contribution in [-0.2, 0) is 10.8 Å². The molecule has 0 aliphatic heterocycles. The molecule has 0 radical (unpaired) electrons. The van der Waals surface area contributed by atoms with Crippen molar-refractivity contribution in [2.24, 2.45) is 0 Å². The van der Waals surface area contributed by atoms with Gasteiger partial charge in [0.25, 0.3) is 0 Å². The molecule has 0 heterocycles. The van der Waals surface area contributed by atoms with Crippen LogP contribution in [0.2, 0.25) is 0 Å². The van der Waals surface area contributed by atoms with Crippen LogP contribution in [0.15, 0.2) is 273 Å². The Bertz CT molecular complexity index is 3520. The highest BCUT2D eigenvalue weighted by Crippen LogP contribution is 2.60. The first-order valence-electron chi connectivity index (χ1n) is 23.3. The van der Waals surface area contributed by atoms with E-state index in [9.17, 15) is 0 Å². The number of hydrogen-bond donors (Lipinski definition) is 0. The first-order valence-corrected chi connectivity index (χ1v) is 23.3. The van der Waals surface area contributed by atoms with Gasteiger partial charge in [-0.1, -0.05) is 237 Å². The van der Waals surface area contributed by atoms with E-state index in [0.29, 0.717) is 0 Å². The van der Waals surface area contributed by atoms with E-state index in [1.807, 2.05) is 0 Å². The summed E-state index contributed by atoms with van der Waals surface area (Å²) < 4.78 is 0. The van der Waals surface area contributed by atoms with E-state index >= 15 is 0 Å². The third kappa shape index (κ3) is 5.81. The molecule has 0 saturated heterocycles. The van der Waals surface area contributed by atoms with E-state index in [1.165, 1.54) is 88.7 Å². The van der Waals surface area contributed by atoms with Gasteiger partial charge in [0, 0.05) is 17.1 Å². The number of hydrogen-bond acceptors (Lipinski definition) is 1. The fraction of sp³-hybridized carbons (Fsp3) is 0.0303. The van der Waals surface area contributed by atoms with Crippen LogP contribution < -0.4 is 4.90 Å². The summed E-state index contributed by atoms with van der Waals surface area (Å²) in [6.45, 7) is 0. The lowest BCUT2D eigenvalue weighted by atomic mass is 9.67. The van der Waals surface area contributed by atoms with Crippen molar-refractivity contribution in [3.63, 3.8) is 0 Å². The van der Waals surface area contributed by atoms with Crippen molar-refractivity contribution < 1.29 is 0 Å². The molecule has 0 saturated carbocycles. The fourth-order valence-electron chi connectivity index (χ4n) is 11.8. The Kier molecular flexibility index (Phi) is 9.05. The predicted octanol–water partition coefficient (Wildman–Crippen LogP) is 16.7. The van der Waals surface area contributed by atoms with Crippen LogP contribution in [-0.4, -0.2) is 0 Å². The summed E-state index contributed by atoms with van der Waals surface area (Å²) in [5.74, 6) is 0. The van der Waals surface area contributed by atoms with Gasteiger partial charge in [-0.3, -0.25) is 0 Å². The van der Waals surface area contributed by atoms with Gasteiger partial charge in [-0.25, -0.2) is 0 Å². The number of benzene rings is 11. The molecular formula is C66H45N. The van der Waals surface area contributed by atoms with Gasteiger partial charge in [0.2, 0.25) is 0 Å². The second-order valence-electron chi connectivity index (χ2n) is 17.9. The Hall–Kier alpha value is -8.52. The summed E-state index contributed by atoms with van der Waals surface area (Å²) in [7, 11) is 0. The summed E-state index contributed by atoms with van der Waals surface area (Å²) in [5.41, 5.74) is 20.0. The predicted molar refractivity (Wildman–Crippen MR) is 279 cm³/mol. The van der Waals surface area contributed by atoms with Gasteiger partial charge in [-0.2, -0.15) is 0 Å². The molecule has 2 aliphatic rings. The molecule has 0 atom stereocenters. The fourth-order valence-corrected chi connectivity index (χ4v) is 11.8.